The van der Waals surface area contributed by atoms with Crippen LogP contribution < -0.4 is 15.4 Å². The van der Waals surface area contributed by atoms with Gasteiger partial charge in [-0.05, 0) is 31.9 Å². The number of anilines is 2. The van der Waals surface area contributed by atoms with Crippen LogP contribution in [0.2, 0.25) is 0 Å². The molecule has 1 saturated heterocycles. The highest BCUT2D eigenvalue weighted by Crippen LogP contribution is 2.37. The van der Waals surface area contributed by atoms with Gasteiger partial charge >= 0.3 is 5.97 Å². The van der Waals surface area contributed by atoms with Crippen LogP contribution in [0.5, 0.6) is 5.75 Å². The number of nitrogens with two attached hydrogens (primary N) is 1. The first-order valence-electron chi connectivity index (χ1n) is 8.94. The largest absolute Gasteiger partial charge is 0.488 e. The predicted octanol–water partition coefficient (Wildman–Crippen LogP) is 3.02. The number of benzene rings is 1. The van der Waals surface area contributed by atoms with Crippen LogP contribution >= 0.6 is 0 Å². The quantitative estimate of drug-likeness (QED) is 0.803. The summed E-state index contributed by atoms with van der Waals surface area (Å²) in [5.41, 5.74) is 7.58. The average molecular weight is 355 g/mol. The summed E-state index contributed by atoms with van der Waals surface area (Å²) >= 11 is 0. The van der Waals surface area contributed by atoms with Crippen LogP contribution in [-0.2, 0) is 16.1 Å². The van der Waals surface area contributed by atoms with Gasteiger partial charge in [0.1, 0.15) is 6.61 Å². The number of aromatic nitrogens is 1. The molecule has 1 aromatic heterocycles. The molecule has 2 aromatic rings. The summed E-state index contributed by atoms with van der Waals surface area (Å²) in [6, 6.07) is 11.6. The molecule has 6 nitrogen and oxygen atoms in total. The van der Waals surface area contributed by atoms with Gasteiger partial charge in [-0.25, -0.2) is 4.98 Å². The zero-order valence-corrected chi connectivity index (χ0v) is 15.2. The highest BCUT2D eigenvalue weighted by Gasteiger charge is 2.36. The summed E-state index contributed by atoms with van der Waals surface area (Å²) in [7, 11) is 0. The molecule has 1 unspecified atom stereocenters. The van der Waals surface area contributed by atoms with E-state index in [2.05, 4.69) is 16.8 Å². The van der Waals surface area contributed by atoms with Crippen molar-refractivity contribution < 1.29 is 14.3 Å². The van der Waals surface area contributed by atoms with Crippen molar-refractivity contribution in [3.8, 4) is 5.75 Å². The number of carbonyl (C=O) groups excluding carboxylic acids is 1. The minimum absolute atomic E-state index is 0.151. The lowest BCUT2D eigenvalue weighted by atomic mass is 10.1. The smallest absolute Gasteiger partial charge is 0.311 e. The summed E-state index contributed by atoms with van der Waals surface area (Å²) in [6.07, 6.45) is 2.39. The summed E-state index contributed by atoms with van der Waals surface area (Å²) in [6.45, 7) is 5.34. The number of rotatable bonds is 6. The lowest BCUT2D eigenvalue weighted by molar-refractivity contribution is -0.149. The lowest BCUT2D eigenvalue weighted by Gasteiger charge is -2.25. The number of nitrogen functional groups attached to an aromatic ring is 1. The van der Waals surface area contributed by atoms with Crippen LogP contribution in [0.4, 0.5) is 11.5 Å². The van der Waals surface area contributed by atoms with Gasteiger partial charge < -0.3 is 20.1 Å². The van der Waals surface area contributed by atoms with E-state index in [1.165, 1.54) is 0 Å². The molecule has 1 fully saturated rings. The van der Waals surface area contributed by atoms with Gasteiger partial charge in [0.15, 0.2) is 11.6 Å². The zero-order chi connectivity index (χ0) is 18.5. The summed E-state index contributed by atoms with van der Waals surface area (Å²) in [4.78, 5) is 19.0. The second-order valence-electron chi connectivity index (χ2n) is 6.51. The molecule has 3 rings (SSSR count). The van der Waals surface area contributed by atoms with Gasteiger partial charge in [0, 0.05) is 18.8 Å². The molecule has 2 atom stereocenters. The Bertz CT molecular complexity index is 751. The second kappa shape index (κ2) is 8.08. The third-order valence-corrected chi connectivity index (χ3v) is 4.61. The van der Waals surface area contributed by atoms with E-state index >= 15 is 0 Å². The zero-order valence-electron chi connectivity index (χ0n) is 15.2. The van der Waals surface area contributed by atoms with Gasteiger partial charge in [-0.3, -0.25) is 4.79 Å². The molecule has 0 spiro atoms. The molecular weight excluding hydrogens is 330 g/mol. The normalized spacial score (nSPS) is 19.4. The molecule has 2 N–H and O–H groups in total. The Kier molecular flexibility index (Phi) is 5.61. The number of nitrogens with zero attached hydrogens (tertiary/aromatic N) is 2. The van der Waals surface area contributed by atoms with Gasteiger partial charge in [-0.1, -0.05) is 30.3 Å². The van der Waals surface area contributed by atoms with E-state index in [0.29, 0.717) is 37.0 Å². The molecule has 0 aliphatic carbocycles. The molecule has 1 aromatic carbocycles. The first kappa shape index (κ1) is 18.0. The van der Waals surface area contributed by atoms with Crippen LogP contribution in [0.15, 0.2) is 42.6 Å². The van der Waals surface area contributed by atoms with Crippen LogP contribution in [0.1, 0.15) is 25.8 Å². The molecule has 2 heterocycles. The maximum absolute atomic E-state index is 12.5. The first-order chi connectivity index (χ1) is 12.6. The highest BCUT2D eigenvalue weighted by molar-refractivity contribution is 5.75. The standard InChI is InChI=1S/C20H25N3O3/c1-3-25-18-17(21)9-10-22-19(18)23-12-16(11-14(23)2)20(24)26-13-15-7-5-4-6-8-15/h4-10,14,16H,3,11-13H2,1-2H3,(H2,21,22)/t14-,16?/m1/s1. The molecule has 0 amide bonds. The number of esters is 1. The van der Waals surface area contributed by atoms with Crippen LogP contribution in [0, 0.1) is 5.92 Å². The Balaban J connectivity index is 1.68. The fraction of sp³-hybridized carbons (Fsp3) is 0.400. The molecule has 6 heteroatoms. The van der Waals surface area contributed by atoms with E-state index in [0.717, 1.165) is 12.0 Å². The molecule has 26 heavy (non-hydrogen) atoms. The number of carbonyl (C=O) groups is 1. The third-order valence-electron chi connectivity index (χ3n) is 4.61. The SMILES string of the molecule is CCOc1c(N)ccnc1N1CC(C(=O)OCc2ccccc2)C[C@H]1C. The molecule has 0 bridgehead atoms. The Morgan fingerprint density at radius 3 is 2.81 bits per heavy atom. The molecule has 0 saturated carbocycles. The van der Waals surface area contributed by atoms with E-state index in [-0.39, 0.29) is 17.9 Å². The third kappa shape index (κ3) is 3.90. The molecular formula is C20H25N3O3. The number of ether oxygens (including phenoxy) is 2. The number of pyridine rings is 1. The monoisotopic (exact) mass is 355 g/mol. The summed E-state index contributed by atoms with van der Waals surface area (Å²) in [5, 5.41) is 0. The highest BCUT2D eigenvalue weighted by atomic mass is 16.5. The van der Waals surface area contributed by atoms with E-state index in [1.54, 1.807) is 12.3 Å². The van der Waals surface area contributed by atoms with Crippen molar-refractivity contribution >= 4 is 17.5 Å². The van der Waals surface area contributed by atoms with Crippen molar-refractivity contribution in [2.45, 2.75) is 32.9 Å². The van der Waals surface area contributed by atoms with Gasteiger partial charge in [-0.15, -0.1) is 0 Å². The number of hydrogen-bond donors (Lipinski definition) is 1. The Morgan fingerprint density at radius 2 is 2.08 bits per heavy atom. The minimum atomic E-state index is -0.189. The maximum atomic E-state index is 12.5. The van der Waals surface area contributed by atoms with E-state index in [4.69, 9.17) is 15.2 Å². The fourth-order valence-corrected chi connectivity index (χ4v) is 3.29. The summed E-state index contributed by atoms with van der Waals surface area (Å²) < 4.78 is 11.2. The topological polar surface area (TPSA) is 77.7 Å². The van der Waals surface area contributed by atoms with Crippen molar-refractivity contribution in [3.63, 3.8) is 0 Å². The Morgan fingerprint density at radius 1 is 1.31 bits per heavy atom. The van der Waals surface area contributed by atoms with Gasteiger partial charge in [0.2, 0.25) is 0 Å². The van der Waals surface area contributed by atoms with Crippen molar-refractivity contribution in [2.24, 2.45) is 5.92 Å². The van der Waals surface area contributed by atoms with Crippen molar-refractivity contribution in [2.75, 3.05) is 23.8 Å². The molecule has 138 valence electrons. The Labute approximate surface area is 153 Å². The average Bonchev–Trinajstić information content (AvgIpc) is 3.04. The van der Waals surface area contributed by atoms with E-state index in [9.17, 15) is 4.79 Å². The molecule has 0 radical (unpaired) electrons. The van der Waals surface area contributed by atoms with Crippen LogP contribution in [0.25, 0.3) is 0 Å². The minimum Gasteiger partial charge on any atom is -0.488 e. The van der Waals surface area contributed by atoms with Crippen LogP contribution in [0.3, 0.4) is 0 Å². The Hall–Kier alpha value is -2.76. The van der Waals surface area contributed by atoms with E-state index in [1.807, 2.05) is 37.3 Å². The number of hydrogen-bond acceptors (Lipinski definition) is 6. The fourth-order valence-electron chi connectivity index (χ4n) is 3.29. The van der Waals surface area contributed by atoms with E-state index < -0.39 is 0 Å². The lowest BCUT2D eigenvalue weighted by Crippen LogP contribution is -2.29. The molecule has 1 aliphatic rings. The summed E-state index contributed by atoms with van der Waals surface area (Å²) in [5.74, 6) is 0.911. The van der Waals surface area contributed by atoms with Gasteiger partial charge in [0.25, 0.3) is 0 Å². The molecule has 1 aliphatic heterocycles. The van der Waals surface area contributed by atoms with Crippen molar-refractivity contribution in [1.29, 1.82) is 0 Å². The van der Waals surface area contributed by atoms with Gasteiger partial charge in [-0.2, -0.15) is 0 Å². The van der Waals surface area contributed by atoms with Crippen molar-refractivity contribution in [1.82, 2.24) is 4.98 Å². The second-order valence-corrected chi connectivity index (χ2v) is 6.51. The van der Waals surface area contributed by atoms with Gasteiger partial charge in [0.05, 0.1) is 18.2 Å². The predicted molar refractivity (Wildman–Crippen MR) is 101 cm³/mol. The van der Waals surface area contributed by atoms with Crippen molar-refractivity contribution in [3.05, 3.63) is 48.2 Å². The maximum Gasteiger partial charge on any atom is 0.311 e. The van der Waals surface area contributed by atoms with Crippen LogP contribution in [-0.4, -0.2) is 30.1 Å². The first-order valence-corrected chi connectivity index (χ1v) is 8.94.